The Morgan fingerprint density at radius 3 is 2.76 bits per heavy atom. The number of methoxy groups -OCH3 is 1. The zero-order valence-corrected chi connectivity index (χ0v) is 12.3. The first-order valence-corrected chi connectivity index (χ1v) is 7.12. The van der Waals surface area contributed by atoms with E-state index in [4.69, 9.17) is 0 Å². The smallest absolute Gasteiger partial charge is 0.337 e. The van der Waals surface area contributed by atoms with Gasteiger partial charge < -0.3 is 10.1 Å². The normalized spacial score (nSPS) is 11.7. The number of ether oxygens (including phenoxy) is 1. The fourth-order valence-electron chi connectivity index (χ4n) is 1.89. The van der Waals surface area contributed by atoms with Gasteiger partial charge in [0.05, 0.1) is 17.6 Å². The van der Waals surface area contributed by atoms with Gasteiger partial charge in [0.2, 0.25) is 0 Å². The lowest BCUT2D eigenvalue weighted by Crippen LogP contribution is -2.09. The van der Waals surface area contributed by atoms with Gasteiger partial charge in [-0.15, -0.1) is 0 Å². The minimum atomic E-state index is -0.531. The van der Waals surface area contributed by atoms with Gasteiger partial charge in [-0.25, -0.2) is 4.79 Å². The van der Waals surface area contributed by atoms with Gasteiger partial charge in [-0.05, 0) is 41.4 Å². The number of hydrogen-bond donors (Lipinski definition) is 1. The van der Waals surface area contributed by atoms with Crippen molar-refractivity contribution in [2.45, 2.75) is 13.0 Å². The molecule has 0 saturated carbocycles. The Labute approximate surface area is 125 Å². The fourth-order valence-corrected chi connectivity index (χ4v) is 2.65. The van der Waals surface area contributed by atoms with Crippen LogP contribution in [0.4, 0.5) is 11.4 Å². The van der Waals surface area contributed by atoms with Gasteiger partial charge in [-0.1, -0.05) is 0 Å². The van der Waals surface area contributed by atoms with E-state index in [0.29, 0.717) is 5.69 Å². The molecule has 0 amide bonds. The van der Waals surface area contributed by atoms with Crippen molar-refractivity contribution in [3.8, 4) is 0 Å². The lowest BCUT2D eigenvalue weighted by atomic mass is 10.1. The first-order chi connectivity index (χ1) is 10.0. The minimum absolute atomic E-state index is 0.0790. The number of nitro benzene ring substituents is 1. The van der Waals surface area contributed by atoms with Crippen molar-refractivity contribution in [3.63, 3.8) is 0 Å². The van der Waals surface area contributed by atoms with E-state index in [1.807, 2.05) is 23.8 Å². The number of esters is 1. The molecule has 1 aromatic carbocycles. The molecule has 0 bridgehead atoms. The van der Waals surface area contributed by atoms with Crippen molar-refractivity contribution in [2.75, 3.05) is 12.4 Å². The number of nitrogens with zero attached hydrogens (tertiary/aromatic N) is 1. The average molecular weight is 306 g/mol. The molecule has 0 radical (unpaired) electrons. The maximum Gasteiger partial charge on any atom is 0.337 e. The Morgan fingerprint density at radius 1 is 1.43 bits per heavy atom. The largest absolute Gasteiger partial charge is 0.465 e. The SMILES string of the molecule is COC(=O)c1ccc([N+](=O)[O-])c(NC(C)c2ccsc2)c1. The molecule has 1 heterocycles. The Kier molecular flexibility index (Phi) is 4.54. The third-order valence-corrected chi connectivity index (χ3v) is 3.73. The standard InChI is InChI=1S/C14H14N2O4S/c1-9(11-5-6-21-8-11)15-12-7-10(14(17)20-2)3-4-13(12)16(18)19/h3-9,15H,1-2H3. The molecule has 1 unspecified atom stereocenters. The second-order valence-corrected chi connectivity index (χ2v) is 5.18. The van der Waals surface area contributed by atoms with Crippen molar-refractivity contribution in [1.82, 2.24) is 0 Å². The second kappa shape index (κ2) is 6.36. The molecular formula is C14H14N2O4S. The molecule has 0 spiro atoms. The highest BCUT2D eigenvalue weighted by atomic mass is 32.1. The fraction of sp³-hybridized carbons (Fsp3) is 0.214. The molecule has 2 aromatic rings. The van der Waals surface area contributed by atoms with E-state index in [1.165, 1.54) is 25.3 Å². The van der Waals surface area contributed by atoms with Crippen molar-refractivity contribution < 1.29 is 14.5 Å². The van der Waals surface area contributed by atoms with Gasteiger partial charge in [0.15, 0.2) is 0 Å². The van der Waals surface area contributed by atoms with E-state index in [-0.39, 0.29) is 17.3 Å². The number of carbonyl (C=O) groups excluding carboxylic acids is 1. The quantitative estimate of drug-likeness (QED) is 0.518. The third kappa shape index (κ3) is 3.38. The highest BCUT2D eigenvalue weighted by Crippen LogP contribution is 2.30. The maximum atomic E-state index is 11.5. The van der Waals surface area contributed by atoms with Crippen LogP contribution in [0.15, 0.2) is 35.0 Å². The van der Waals surface area contributed by atoms with Gasteiger partial charge in [0, 0.05) is 12.1 Å². The Hall–Kier alpha value is -2.41. The van der Waals surface area contributed by atoms with Gasteiger partial charge in [-0.3, -0.25) is 10.1 Å². The van der Waals surface area contributed by atoms with Crippen molar-refractivity contribution in [2.24, 2.45) is 0 Å². The summed E-state index contributed by atoms with van der Waals surface area (Å²) in [6.07, 6.45) is 0. The first-order valence-electron chi connectivity index (χ1n) is 6.18. The Bertz CT molecular complexity index is 655. The molecular weight excluding hydrogens is 292 g/mol. The maximum absolute atomic E-state index is 11.5. The Morgan fingerprint density at radius 2 is 2.19 bits per heavy atom. The van der Waals surface area contributed by atoms with Crippen LogP contribution >= 0.6 is 11.3 Å². The minimum Gasteiger partial charge on any atom is -0.465 e. The summed E-state index contributed by atoms with van der Waals surface area (Å²) in [5.41, 5.74) is 1.51. The summed E-state index contributed by atoms with van der Waals surface area (Å²) in [6, 6.07) is 5.95. The number of anilines is 1. The van der Waals surface area contributed by atoms with Crippen LogP contribution in [0.5, 0.6) is 0 Å². The van der Waals surface area contributed by atoms with Crippen molar-refractivity contribution in [3.05, 3.63) is 56.3 Å². The van der Waals surface area contributed by atoms with Gasteiger partial charge >= 0.3 is 5.97 Å². The predicted octanol–water partition coefficient (Wildman–Crippen LogP) is 3.62. The average Bonchev–Trinajstić information content (AvgIpc) is 3.00. The topological polar surface area (TPSA) is 81.5 Å². The van der Waals surface area contributed by atoms with E-state index in [1.54, 1.807) is 11.3 Å². The van der Waals surface area contributed by atoms with Crippen LogP contribution in [-0.4, -0.2) is 18.0 Å². The van der Waals surface area contributed by atoms with Crippen LogP contribution < -0.4 is 5.32 Å². The number of nitro groups is 1. The number of hydrogen-bond acceptors (Lipinski definition) is 6. The van der Waals surface area contributed by atoms with Crippen LogP contribution in [0.1, 0.15) is 28.9 Å². The van der Waals surface area contributed by atoms with Crippen molar-refractivity contribution >= 4 is 28.7 Å². The molecule has 0 aliphatic heterocycles. The highest BCUT2D eigenvalue weighted by molar-refractivity contribution is 7.08. The van der Waals surface area contributed by atoms with Crippen LogP contribution in [0.25, 0.3) is 0 Å². The molecule has 6 nitrogen and oxygen atoms in total. The summed E-state index contributed by atoms with van der Waals surface area (Å²) in [4.78, 5) is 22.2. The summed E-state index contributed by atoms with van der Waals surface area (Å²) < 4.78 is 4.63. The number of carbonyl (C=O) groups is 1. The molecule has 0 aliphatic rings. The number of thiophene rings is 1. The molecule has 0 aliphatic carbocycles. The van der Waals surface area contributed by atoms with Gasteiger partial charge in [-0.2, -0.15) is 11.3 Å². The zero-order valence-electron chi connectivity index (χ0n) is 11.5. The monoisotopic (exact) mass is 306 g/mol. The summed E-state index contributed by atoms with van der Waals surface area (Å²) >= 11 is 1.55. The zero-order chi connectivity index (χ0) is 15.4. The molecule has 0 saturated heterocycles. The van der Waals surface area contributed by atoms with Gasteiger partial charge in [0.25, 0.3) is 5.69 Å². The molecule has 1 aromatic heterocycles. The number of rotatable bonds is 5. The first kappa shape index (κ1) is 15.0. The summed E-state index contributed by atoms with van der Waals surface area (Å²) in [6.45, 7) is 1.90. The molecule has 21 heavy (non-hydrogen) atoms. The molecule has 2 rings (SSSR count). The number of nitrogens with one attached hydrogen (secondary N) is 1. The second-order valence-electron chi connectivity index (χ2n) is 4.40. The van der Waals surface area contributed by atoms with Crippen LogP contribution in [0.2, 0.25) is 0 Å². The summed E-state index contributed by atoms with van der Waals surface area (Å²) in [7, 11) is 1.27. The van der Waals surface area contributed by atoms with E-state index < -0.39 is 10.9 Å². The Balaban J connectivity index is 2.34. The molecule has 1 N–H and O–H groups in total. The molecule has 110 valence electrons. The van der Waals surface area contributed by atoms with Crippen molar-refractivity contribution in [1.29, 1.82) is 0 Å². The lowest BCUT2D eigenvalue weighted by molar-refractivity contribution is -0.384. The van der Waals surface area contributed by atoms with E-state index >= 15 is 0 Å². The van der Waals surface area contributed by atoms with Crippen LogP contribution in [0, 0.1) is 10.1 Å². The molecule has 1 atom stereocenters. The third-order valence-electron chi connectivity index (χ3n) is 3.03. The summed E-state index contributed by atoms with van der Waals surface area (Å²) in [5, 5.41) is 18.1. The predicted molar refractivity (Wildman–Crippen MR) is 80.8 cm³/mol. The van der Waals surface area contributed by atoms with E-state index in [9.17, 15) is 14.9 Å². The number of benzene rings is 1. The van der Waals surface area contributed by atoms with E-state index in [0.717, 1.165) is 5.56 Å². The van der Waals surface area contributed by atoms with Crippen LogP contribution in [0.3, 0.4) is 0 Å². The van der Waals surface area contributed by atoms with E-state index in [2.05, 4.69) is 10.1 Å². The lowest BCUT2D eigenvalue weighted by Gasteiger charge is -2.14. The van der Waals surface area contributed by atoms with Crippen LogP contribution in [-0.2, 0) is 4.74 Å². The molecule has 7 heteroatoms. The van der Waals surface area contributed by atoms with Gasteiger partial charge in [0.1, 0.15) is 5.69 Å². The summed E-state index contributed by atoms with van der Waals surface area (Å²) in [5.74, 6) is -0.531. The highest BCUT2D eigenvalue weighted by Gasteiger charge is 2.19. The molecule has 0 fully saturated rings.